The molecule has 1 rings (SSSR count). The Bertz CT molecular complexity index is 333. The van der Waals surface area contributed by atoms with Crippen molar-refractivity contribution in [3.8, 4) is 0 Å². The monoisotopic (exact) mass is 241 g/mol. The summed E-state index contributed by atoms with van der Waals surface area (Å²) in [6, 6.07) is 0.575. The molecule has 1 aromatic heterocycles. The van der Waals surface area contributed by atoms with Crippen molar-refractivity contribution in [2.45, 2.75) is 39.8 Å². The van der Waals surface area contributed by atoms with Gasteiger partial charge in [0, 0.05) is 30.9 Å². The number of nitrogens with zero attached hydrogens (tertiary/aromatic N) is 2. The molecule has 0 aliphatic carbocycles. The van der Waals surface area contributed by atoms with E-state index >= 15 is 0 Å². The van der Waals surface area contributed by atoms with Gasteiger partial charge in [0.15, 0.2) is 0 Å². The molecule has 16 heavy (non-hydrogen) atoms. The maximum atomic E-state index is 4.42. The van der Waals surface area contributed by atoms with Crippen LogP contribution in [0, 0.1) is 13.8 Å². The van der Waals surface area contributed by atoms with Crippen molar-refractivity contribution in [1.82, 2.24) is 15.1 Å². The Hall–Kier alpha value is -0.480. The molecule has 0 radical (unpaired) electrons. The zero-order chi connectivity index (χ0) is 12.1. The van der Waals surface area contributed by atoms with Crippen molar-refractivity contribution < 1.29 is 0 Å². The number of hydrogen-bond acceptors (Lipinski definition) is 3. The quantitative estimate of drug-likeness (QED) is 0.828. The SMILES string of the molecule is CSCCC(C)NCc1c(C)nn(C)c1C. The molecule has 0 bridgehead atoms. The summed E-state index contributed by atoms with van der Waals surface area (Å²) < 4.78 is 1.96. The maximum Gasteiger partial charge on any atom is 0.0641 e. The van der Waals surface area contributed by atoms with Gasteiger partial charge in [-0.1, -0.05) is 0 Å². The second-order valence-corrected chi connectivity index (χ2v) is 5.32. The number of hydrogen-bond donors (Lipinski definition) is 1. The summed E-state index contributed by atoms with van der Waals surface area (Å²) in [4.78, 5) is 0. The number of rotatable bonds is 6. The van der Waals surface area contributed by atoms with Crippen molar-refractivity contribution in [2.75, 3.05) is 12.0 Å². The molecule has 1 atom stereocenters. The van der Waals surface area contributed by atoms with Crippen LogP contribution in [0.4, 0.5) is 0 Å². The molecule has 3 nitrogen and oxygen atoms in total. The van der Waals surface area contributed by atoms with Crippen LogP contribution in [0.1, 0.15) is 30.3 Å². The van der Waals surface area contributed by atoms with E-state index in [1.807, 2.05) is 23.5 Å². The van der Waals surface area contributed by atoms with Gasteiger partial charge in [-0.05, 0) is 39.2 Å². The average molecular weight is 241 g/mol. The molecule has 0 saturated carbocycles. The topological polar surface area (TPSA) is 29.9 Å². The van der Waals surface area contributed by atoms with Crippen LogP contribution >= 0.6 is 11.8 Å². The molecule has 0 aromatic carbocycles. The zero-order valence-corrected chi connectivity index (χ0v) is 11.8. The number of thioether (sulfide) groups is 1. The number of aromatic nitrogens is 2. The van der Waals surface area contributed by atoms with Crippen molar-refractivity contribution >= 4 is 11.8 Å². The van der Waals surface area contributed by atoms with Crippen molar-refractivity contribution in [3.63, 3.8) is 0 Å². The van der Waals surface area contributed by atoms with Gasteiger partial charge in [0.2, 0.25) is 0 Å². The first-order valence-corrected chi connectivity index (χ1v) is 7.17. The minimum Gasteiger partial charge on any atom is -0.310 e. The van der Waals surface area contributed by atoms with Crippen LogP contribution in [-0.2, 0) is 13.6 Å². The molecule has 0 aliphatic rings. The van der Waals surface area contributed by atoms with E-state index in [0.29, 0.717) is 6.04 Å². The van der Waals surface area contributed by atoms with Crippen LogP contribution in [0.3, 0.4) is 0 Å². The maximum absolute atomic E-state index is 4.42. The summed E-state index contributed by atoms with van der Waals surface area (Å²) in [7, 11) is 2.00. The highest BCUT2D eigenvalue weighted by Crippen LogP contribution is 2.12. The predicted molar refractivity (Wildman–Crippen MR) is 72.0 cm³/mol. The lowest BCUT2D eigenvalue weighted by atomic mass is 10.2. The minimum atomic E-state index is 0.575. The Labute approximate surface area is 103 Å². The molecular formula is C12H23N3S. The smallest absolute Gasteiger partial charge is 0.0641 e. The third-order valence-electron chi connectivity index (χ3n) is 3.04. The molecule has 4 heteroatoms. The van der Waals surface area contributed by atoms with E-state index in [-0.39, 0.29) is 0 Å². The standard InChI is InChI=1S/C12H23N3S/c1-9(6-7-16-5)13-8-12-10(2)14-15(4)11(12)3/h9,13H,6-8H2,1-5H3. The van der Waals surface area contributed by atoms with E-state index in [2.05, 4.69) is 37.4 Å². The van der Waals surface area contributed by atoms with E-state index in [4.69, 9.17) is 0 Å². The summed E-state index contributed by atoms with van der Waals surface area (Å²) in [5, 5.41) is 7.99. The van der Waals surface area contributed by atoms with Crippen molar-refractivity contribution in [3.05, 3.63) is 17.0 Å². The summed E-state index contributed by atoms with van der Waals surface area (Å²) in [5.41, 5.74) is 3.75. The lowest BCUT2D eigenvalue weighted by Gasteiger charge is -2.13. The van der Waals surface area contributed by atoms with Gasteiger partial charge in [0.25, 0.3) is 0 Å². The summed E-state index contributed by atoms with van der Waals surface area (Å²) in [6.45, 7) is 7.39. The fourth-order valence-electron chi connectivity index (χ4n) is 1.75. The van der Waals surface area contributed by atoms with E-state index in [1.165, 1.54) is 23.4 Å². The van der Waals surface area contributed by atoms with Crippen LogP contribution in [0.15, 0.2) is 0 Å². The Morgan fingerprint density at radius 3 is 2.62 bits per heavy atom. The number of nitrogens with one attached hydrogen (secondary N) is 1. The summed E-state index contributed by atoms with van der Waals surface area (Å²) in [6.07, 6.45) is 3.38. The highest BCUT2D eigenvalue weighted by molar-refractivity contribution is 7.98. The first-order valence-electron chi connectivity index (χ1n) is 5.77. The minimum absolute atomic E-state index is 0.575. The van der Waals surface area contributed by atoms with Crippen molar-refractivity contribution in [1.29, 1.82) is 0 Å². The molecule has 1 aromatic rings. The van der Waals surface area contributed by atoms with Crippen molar-refractivity contribution in [2.24, 2.45) is 7.05 Å². The molecular weight excluding hydrogens is 218 g/mol. The Balaban J connectivity index is 2.48. The van der Waals surface area contributed by atoms with Gasteiger partial charge in [-0.2, -0.15) is 16.9 Å². The first kappa shape index (κ1) is 13.6. The molecule has 0 amide bonds. The fraction of sp³-hybridized carbons (Fsp3) is 0.750. The van der Waals surface area contributed by atoms with Crippen LogP contribution in [0.5, 0.6) is 0 Å². The van der Waals surface area contributed by atoms with Crippen LogP contribution in [-0.4, -0.2) is 27.8 Å². The molecule has 92 valence electrons. The average Bonchev–Trinajstić information content (AvgIpc) is 2.48. The van der Waals surface area contributed by atoms with E-state index < -0.39 is 0 Å². The molecule has 0 fully saturated rings. The highest BCUT2D eigenvalue weighted by Gasteiger charge is 2.09. The van der Waals surface area contributed by atoms with E-state index in [9.17, 15) is 0 Å². The highest BCUT2D eigenvalue weighted by atomic mass is 32.2. The second-order valence-electron chi connectivity index (χ2n) is 4.34. The van der Waals surface area contributed by atoms with Crippen LogP contribution in [0.2, 0.25) is 0 Å². The van der Waals surface area contributed by atoms with Gasteiger partial charge in [0.05, 0.1) is 5.69 Å². The molecule has 1 N–H and O–H groups in total. The second kappa shape index (κ2) is 6.30. The molecule has 0 spiro atoms. The summed E-state index contributed by atoms with van der Waals surface area (Å²) in [5.74, 6) is 1.22. The third-order valence-corrected chi connectivity index (χ3v) is 3.69. The van der Waals surface area contributed by atoms with Crippen LogP contribution < -0.4 is 5.32 Å². The van der Waals surface area contributed by atoms with Crippen LogP contribution in [0.25, 0.3) is 0 Å². The summed E-state index contributed by atoms with van der Waals surface area (Å²) >= 11 is 1.91. The zero-order valence-electron chi connectivity index (χ0n) is 11.0. The Morgan fingerprint density at radius 1 is 1.44 bits per heavy atom. The van der Waals surface area contributed by atoms with Gasteiger partial charge in [-0.25, -0.2) is 0 Å². The number of aryl methyl sites for hydroxylation is 2. The lowest BCUT2D eigenvalue weighted by molar-refractivity contribution is 0.535. The van der Waals surface area contributed by atoms with E-state index in [0.717, 1.165) is 12.2 Å². The van der Waals surface area contributed by atoms with Gasteiger partial charge in [0.1, 0.15) is 0 Å². The first-order chi connectivity index (χ1) is 7.56. The third kappa shape index (κ3) is 3.52. The van der Waals surface area contributed by atoms with Gasteiger partial charge in [-0.3, -0.25) is 4.68 Å². The fourth-order valence-corrected chi connectivity index (χ4v) is 2.34. The molecule has 1 unspecified atom stereocenters. The normalized spacial score (nSPS) is 13.1. The van der Waals surface area contributed by atoms with Gasteiger partial charge < -0.3 is 5.32 Å². The van der Waals surface area contributed by atoms with Gasteiger partial charge >= 0.3 is 0 Å². The molecule has 0 saturated heterocycles. The largest absolute Gasteiger partial charge is 0.310 e. The van der Waals surface area contributed by atoms with Gasteiger partial charge in [-0.15, -0.1) is 0 Å². The molecule has 1 heterocycles. The predicted octanol–water partition coefficient (Wildman–Crippen LogP) is 2.27. The Kier molecular flexibility index (Phi) is 5.35. The Morgan fingerprint density at radius 2 is 2.12 bits per heavy atom. The molecule has 0 aliphatic heterocycles. The van der Waals surface area contributed by atoms with E-state index in [1.54, 1.807) is 0 Å². The lowest BCUT2D eigenvalue weighted by Crippen LogP contribution is -2.26.